The number of hydrogen-bond donors (Lipinski definition) is 2. The summed E-state index contributed by atoms with van der Waals surface area (Å²) >= 11 is 0. The molecule has 1 aliphatic heterocycles. The van der Waals surface area contributed by atoms with Crippen molar-refractivity contribution in [3.05, 3.63) is 35.9 Å². The van der Waals surface area contributed by atoms with E-state index < -0.39 is 0 Å². The normalized spacial score (nSPS) is 16.3. The number of carbonyl (C=O) groups excluding carboxylic acids is 2. The van der Waals surface area contributed by atoms with Crippen LogP contribution in [0.2, 0.25) is 0 Å². The van der Waals surface area contributed by atoms with Crippen LogP contribution in [0.5, 0.6) is 0 Å². The smallest absolute Gasteiger partial charge is 0.244 e. The number of nitrogens with one attached hydrogen (secondary N) is 2. The number of amides is 2. The van der Waals surface area contributed by atoms with Crippen LogP contribution in [0.25, 0.3) is 0 Å². The Hall–Kier alpha value is -1.84. The van der Waals surface area contributed by atoms with Gasteiger partial charge in [0.05, 0.1) is 0 Å². The number of hydrogen-bond acceptors (Lipinski definition) is 2. The van der Waals surface area contributed by atoms with Crippen molar-refractivity contribution < 1.29 is 12.4 Å². The lowest BCUT2D eigenvalue weighted by atomic mass is 10.1. The average molecular weight is 280 g/mol. The molecule has 2 amide bonds. The van der Waals surface area contributed by atoms with Gasteiger partial charge in [-0.05, 0) is 24.8 Å². The topological polar surface area (TPSA) is 58.2 Å². The van der Waals surface area contributed by atoms with Gasteiger partial charge in [0, 0.05) is 15.8 Å². The van der Waals surface area contributed by atoms with Crippen molar-refractivity contribution in [3.8, 4) is 0 Å². The fourth-order valence-electron chi connectivity index (χ4n) is 1.93. The second-order valence-electron chi connectivity index (χ2n) is 4.56. The lowest BCUT2D eigenvalue weighted by molar-refractivity contribution is -0.133. The third kappa shape index (κ3) is 5.43. The van der Waals surface area contributed by atoms with Crippen LogP contribution >= 0.6 is 0 Å². The summed E-state index contributed by atoms with van der Waals surface area (Å²) < 4.78 is 0. The zero-order chi connectivity index (χ0) is 14.8. The minimum absolute atomic E-state index is 0. The molecule has 20 heavy (non-hydrogen) atoms. The van der Waals surface area contributed by atoms with Crippen molar-refractivity contribution >= 4 is 11.8 Å². The molecule has 0 radical (unpaired) electrons. The third-order valence-electron chi connectivity index (χ3n) is 3.09. The molecular formula is C16H28N2O2. The fourth-order valence-corrected chi connectivity index (χ4v) is 1.93. The molecule has 1 aliphatic rings. The summed E-state index contributed by atoms with van der Waals surface area (Å²) in [6.07, 6.45) is 3.35. The highest BCUT2D eigenvalue weighted by atomic mass is 16.2. The van der Waals surface area contributed by atoms with Crippen LogP contribution in [0.4, 0.5) is 0 Å². The molecule has 0 unspecified atom stereocenters. The minimum atomic E-state index is -0.299. The maximum absolute atomic E-state index is 11.5. The summed E-state index contributed by atoms with van der Waals surface area (Å²) in [5, 5.41) is 5.31. The van der Waals surface area contributed by atoms with E-state index in [1.165, 1.54) is 5.56 Å². The first-order valence-electron chi connectivity index (χ1n) is 7.37. The molecule has 4 heteroatoms. The summed E-state index contributed by atoms with van der Waals surface area (Å²) in [6.45, 7) is 4.56. The molecule has 0 aromatic heterocycles. The molecule has 2 rings (SSSR count). The largest absolute Gasteiger partial charge is 0.352 e. The summed E-state index contributed by atoms with van der Waals surface area (Å²) in [5.41, 5.74) is 1.30. The molecule has 0 aliphatic carbocycles. The third-order valence-corrected chi connectivity index (χ3v) is 3.09. The second-order valence-corrected chi connectivity index (χ2v) is 4.56. The molecule has 0 spiro atoms. The van der Waals surface area contributed by atoms with Gasteiger partial charge in [-0.25, -0.2) is 0 Å². The summed E-state index contributed by atoms with van der Waals surface area (Å²) in [4.78, 5) is 22.5. The zero-order valence-corrected chi connectivity index (χ0v) is 12.3. The van der Waals surface area contributed by atoms with Crippen molar-refractivity contribution in [2.45, 2.75) is 45.6 Å². The molecule has 4 nitrogen and oxygen atoms in total. The van der Waals surface area contributed by atoms with Crippen LogP contribution in [0, 0.1) is 0 Å². The first-order chi connectivity index (χ1) is 9.75. The molecule has 114 valence electrons. The van der Waals surface area contributed by atoms with Gasteiger partial charge in [-0.15, -0.1) is 0 Å². The molecule has 0 bridgehead atoms. The highest BCUT2D eigenvalue weighted by Crippen LogP contribution is 2.06. The van der Waals surface area contributed by atoms with Crippen LogP contribution in [0.3, 0.4) is 0 Å². The van der Waals surface area contributed by atoms with Crippen LogP contribution < -0.4 is 10.6 Å². The number of benzene rings is 1. The number of aryl methyl sites for hydroxylation is 1. The van der Waals surface area contributed by atoms with Crippen LogP contribution in [0.1, 0.15) is 41.5 Å². The molecule has 1 atom stereocenters. The van der Waals surface area contributed by atoms with Gasteiger partial charge in [0.2, 0.25) is 11.8 Å². The maximum atomic E-state index is 11.5. The molecule has 1 saturated heterocycles. The summed E-state index contributed by atoms with van der Waals surface area (Å²) in [7, 11) is 0. The first-order valence-corrected chi connectivity index (χ1v) is 7.37. The SMILES string of the molecule is CC.O=C(CCCCc1ccccc1)N[C@@H]1CNC1=O.[HH].[HH]. The Labute approximate surface area is 123 Å². The Morgan fingerprint density at radius 1 is 1.30 bits per heavy atom. The maximum Gasteiger partial charge on any atom is 0.244 e. The van der Waals surface area contributed by atoms with E-state index in [0.29, 0.717) is 13.0 Å². The van der Waals surface area contributed by atoms with E-state index >= 15 is 0 Å². The van der Waals surface area contributed by atoms with Crippen LogP contribution in [-0.4, -0.2) is 24.4 Å². The summed E-state index contributed by atoms with van der Waals surface area (Å²) in [6, 6.07) is 9.94. The second kappa shape index (κ2) is 9.13. The predicted octanol–water partition coefficient (Wildman–Crippen LogP) is 2.53. The van der Waals surface area contributed by atoms with Gasteiger partial charge < -0.3 is 10.6 Å². The molecule has 1 aromatic carbocycles. The van der Waals surface area contributed by atoms with Gasteiger partial charge in [-0.3, -0.25) is 9.59 Å². The van der Waals surface area contributed by atoms with Crippen molar-refractivity contribution in [1.29, 1.82) is 0 Å². The van der Waals surface area contributed by atoms with E-state index in [4.69, 9.17) is 0 Å². The van der Waals surface area contributed by atoms with E-state index in [1.54, 1.807) is 0 Å². The molecule has 2 N–H and O–H groups in total. The quantitative estimate of drug-likeness (QED) is 0.621. The van der Waals surface area contributed by atoms with Gasteiger partial charge in [0.25, 0.3) is 0 Å². The number of unbranched alkanes of at least 4 members (excludes halogenated alkanes) is 1. The molecule has 1 aromatic rings. The predicted molar refractivity (Wildman–Crippen MR) is 84.5 cm³/mol. The molecule has 0 saturated carbocycles. The molecule has 1 heterocycles. The minimum Gasteiger partial charge on any atom is -0.352 e. The average Bonchev–Trinajstić information content (AvgIpc) is 2.51. The monoisotopic (exact) mass is 280 g/mol. The highest BCUT2D eigenvalue weighted by Gasteiger charge is 2.28. The van der Waals surface area contributed by atoms with Crippen LogP contribution in [0.15, 0.2) is 30.3 Å². The Morgan fingerprint density at radius 3 is 2.55 bits per heavy atom. The van der Waals surface area contributed by atoms with Crippen LogP contribution in [-0.2, 0) is 16.0 Å². The van der Waals surface area contributed by atoms with Gasteiger partial charge in [-0.2, -0.15) is 0 Å². The Balaban J connectivity index is 0. The number of rotatable bonds is 6. The van der Waals surface area contributed by atoms with Crippen molar-refractivity contribution in [3.63, 3.8) is 0 Å². The van der Waals surface area contributed by atoms with E-state index in [9.17, 15) is 9.59 Å². The van der Waals surface area contributed by atoms with Gasteiger partial charge in [0.15, 0.2) is 0 Å². The zero-order valence-electron chi connectivity index (χ0n) is 12.3. The van der Waals surface area contributed by atoms with E-state index in [1.807, 2.05) is 32.0 Å². The summed E-state index contributed by atoms with van der Waals surface area (Å²) in [5.74, 6) is -0.101. The van der Waals surface area contributed by atoms with Gasteiger partial charge >= 0.3 is 0 Å². The van der Waals surface area contributed by atoms with Gasteiger partial charge in [0.1, 0.15) is 6.04 Å². The standard InChI is InChI=1S/C14H18N2O2.C2H6.2H2/c17-13(16-12-10-15-14(12)18)9-5-4-8-11-6-2-1-3-7-11;1-2;;/h1-3,6-7,12H,4-5,8-10H2,(H,15,18)(H,16,17);1-2H3;2*1H/t12-;;;/m1.../s1. The Kier molecular flexibility index (Phi) is 7.40. The lowest BCUT2D eigenvalue weighted by Gasteiger charge is -2.26. The Bertz CT molecular complexity index is 427. The van der Waals surface area contributed by atoms with Crippen molar-refractivity contribution in [1.82, 2.24) is 10.6 Å². The fraction of sp³-hybridized carbons (Fsp3) is 0.500. The van der Waals surface area contributed by atoms with Gasteiger partial charge in [-0.1, -0.05) is 44.2 Å². The van der Waals surface area contributed by atoms with Crippen molar-refractivity contribution in [2.24, 2.45) is 0 Å². The highest BCUT2D eigenvalue weighted by molar-refractivity contribution is 5.92. The van der Waals surface area contributed by atoms with E-state index in [2.05, 4.69) is 22.8 Å². The molecule has 1 fully saturated rings. The van der Waals surface area contributed by atoms with Crippen molar-refractivity contribution in [2.75, 3.05) is 6.54 Å². The first kappa shape index (κ1) is 16.2. The molecular weight excluding hydrogens is 252 g/mol. The van der Waals surface area contributed by atoms with E-state index in [0.717, 1.165) is 19.3 Å². The number of β-lactam (4-membered cyclic amide) rings is 1. The number of carbonyl (C=O) groups is 2. The Morgan fingerprint density at radius 2 is 2.00 bits per heavy atom. The lowest BCUT2D eigenvalue weighted by Crippen LogP contribution is -2.61. The van der Waals surface area contributed by atoms with E-state index in [-0.39, 0.29) is 20.7 Å².